The van der Waals surface area contributed by atoms with Crippen LogP contribution < -0.4 is 9.47 Å². The summed E-state index contributed by atoms with van der Waals surface area (Å²) in [4.78, 5) is 18.9. The van der Waals surface area contributed by atoms with E-state index in [1.165, 1.54) is 26.4 Å². The van der Waals surface area contributed by atoms with Gasteiger partial charge in [0, 0.05) is 13.0 Å². The van der Waals surface area contributed by atoms with Gasteiger partial charge in [0.15, 0.2) is 11.5 Å². The molecule has 0 N–H and O–H groups in total. The summed E-state index contributed by atoms with van der Waals surface area (Å²) in [5.74, 6) is -0.0720. The Morgan fingerprint density at radius 2 is 2.06 bits per heavy atom. The monoisotopic (exact) mass is 286 g/mol. The molecule has 2 aromatic rings. The predicted molar refractivity (Wildman–Crippen MR) is 67.4 cm³/mol. The average Bonchev–Trinajstić information content (AvgIpc) is 2.28. The van der Waals surface area contributed by atoms with Crippen molar-refractivity contribution in [2.24, 2.45) is 0 Å². The topological polar surface area (TPSA) is 61.3 Å². The van der Waals surface area contributed by atoms with Crippen molar-refractivity contribution in [1.29, 1.82) is 0 Å². The van der Waals surface area contributed by atoms with E-state index in [-0.39, 0.29) is 21.7 Å². The minimum absolute atomic E-state index is 0.192. The van der Waals surface area contributed by atoms with Gasteiger partial charge in [0.1, 0.15) is 11.5 Å². The Kier molecular flexibility index (Phi) is 3.54. The lowest BCUT2D eigenvalue weighted by Crippen LogP contribution is -2.04. The highest BCUT2D eigenvalue weighted by Gasteiger charge is 2.18. The molecule has 1 aromatic carbocycles. The Bertz CT molecular complexity index is 631. The largest absolute Gasteiger partial charge is 0.491 e. The zero-order valence-electron chi connectivity index (χ0n) is 9.53. The number of rotatable bonds is 2. The number of halogens is 2. The van der Waals surface area contributed by atoms with Crippen molar-refractivity contribution >= 4 is 40.1 Å². The maximum Gasteiger partial charge on any atom is 0.308 e. The van der Waals surface area contributed by atoms with Crippen LogP contribution in [0.3, 0.4) is 0 Å². The Morgan fingerprint density at radius 3 is 2.67 bits per heavy atom. The van der Waals surface area contributed by atoms with E-state index < -0.39 is 5.97 Å². The van der Waals surface area contributed by atoms with Crippen LogP contribution in [0.1, 0.15) is 6.92 Å². The molecule has 0 atom stereocenters. The predicted octanol–water partition coefficient (Wildman–Crippen LogP) is 2.87. The lowest BCUT2D eigenvalue weighted by Gasteiger charge is -2.12. The molecule has 0 radical (unpaired) electrons. The van der Waals surface area contributed by atoms with Gasteiger partial charge in [0.25, 0.3) is 0 Å². The number of hydrogen-bond donors (Lipinski definition) is 0. The third-order valence-electron chi connectivity index (χ3n) is 2.20. The molecule has 0 spiro atoms. The minimum Gasteiger partial charge on any atom is -0.491 e. The summed E-state index contributed by atoms with van der Waals surface area (Å²) in [5, 5.41) is 0.864. The first-order chi connectivity index (χ1) is 8.54. The molecule has 94 valence electrons. The number of ether oxygens (including phenoxy) is 2. The molecular formula is C11H8Cl2N2O3. The van der Waals surface area contributed by atoms with Crippen LogP contribution in [0.4, 0.5) is 0 Å². The van der Waals surface area contributed by atoms with E-state index in [0.717, 1.165) is 0 Å². The fourth-order valence-corrected chi connectivity index (χ4v) is 2.16. The van der Waals surface area contributed by atoms with Crippen LogP contribution in [-0.4, -0.2) is 23.0 Å². The molecule has 0 saturated heterocycles. The van der Waals surface area contributed by atoms with Gasteiger partial charge >= 0.3 is 5.97 Å². The zero-order valence-corrected chi connectivity index (χ0v) is 11.0. The van der Waals surface area contributed by atoms with Gasteiger partial charge in [0.05, 0.1) is 23.0 Å². The standard InChI is InChI=1S/C11H8Cl2N2O3/c1-5(16)18-7-3-6-8(9(12)10(7)17-2)11(13)15-4-14-6/h3-4H,1-2H3. The van der Waals surface area contributed by atoms with Crippen LogP contribution in [0.25, 0.3) is 10.9 Å². The molecule has 0 bridgehead atoms. The number of methoxy groups -OCH3 is 1. The van der Waals surface area contributed by atoms with E-state index in [4.69, 9.17) is 32.7 Å². The van der Waals surface area contributed by atoms with E-state index in [1.54, 1.807) is 0 Å². The van der Waals surface area contributed by atoms with Crippen LogP contribution >= 0.6 is 23.2 Å². The third kappa shape index (κ3) is 2.19. The van der Waals surface area contributed by atoms with E-state index in [1.807, 2.05) is 0 Å². The highest BCUT2D eigenvalue weighted by molar-refractivity contribution is 6.42. The number of nitrogens with zero attached hydrogens (tertiary/aromatic N) is 2. The summed E-state index contributed by atoms with van der Waals surface area (Å²) in [6, 6.07) is 1.52. The number of aromatic nitrogens is 2. The number of carbonyl (C=O) groups is 1. The molecular weight excluding hydrogens is 279 g/mol. The molecule has 0 fully saturated rings. The van der Waals surface area contributed by atoms with Gasteiger partial charge in [-0.2, -0.15) is 0 Å². The fraction of sp³-hybridized carbons (Fsp3) is 0.182. The number of carbonyl (C=O) groups excluding carboxylic acids is 1. The van der Waals surface area contributed by atoms with Crippen LogP contribution in [0.15, 0.2) is 12.4 Å². The Hall–Kier alpha value is -1.59. The number of esters is 1. The number of benzene rings is 1. The normalized spacial score (nSPS) is 10.4. The van der Waals surface area contributed by atoms with Crippen LogP contribution in [0, 0.1) is 0 Å². The molecule has 2 rings (SSSR count). The van der Waals surface area contributed by atoms with Gasteiger partial charge in [-0.3, -0.25) is 4.79 Å². The second-order valence-corrected chi connectivity index (χ2v) is 4.11. The molecule has 0 aliphatic heterocycles. The first-order valence-electron chi connectivity index (χ1n) is 4.89. The number of fused-ring (bicyclic) bond motifs is 1. The van der Waals surface area contributed by atoms with Gasteiger partial charge in [-0.15, -0.1) is 0 Å². The molecule has 1 aromatic heterocycles. The van der Waals surface area contributed by atoms with Crippen molar-refractivity contribution in [2.45, 2.75) is 6.92 Å². The SMILES string of the molecule is COc1c(OC(C)=O)cc2ncnc(Cl)c2c1Cl. The van der Waals surface area contributed by atoms with Crippen LogP contribution in [0.5, 0.6) is 11.5 Å². The molecule has 0 aliphatic carbocycles. The van der Waals surface area contributed by atoms with E-state index in [0.29, 0.717) is 10.9 Å². The molecule has 0 amide bonds. The molecule has 0 saturated carbocycles. The van der Waals surface area contributed by atoms with Crippen molar-refractivity contribution in [2.75, 3.05) is 7.11 Å². The minimum atomic E-state index is -0.483. The van der Waals surface area contributed by atoms with E-state index in [2.05, 4.69) is 9.97 Å². The summed E-state index contributed by atoms with van der Waals surface area (Å²) in [7, 11) is 1.41. The second kappa shape index (κ2) is 4.96. The van der Waals surface area contributed by atoms with Gasteiger partial charge in [-0.05, 0) is 0 Å². The molecule has 1 heterocycles. The zero-order chi connectivity index (χ0) is 13.3. The van der Waals surface area contributed by atoms with Crippen LogP contribution in [0.2, 0.25) is 10.2 Å². The summed E-state index contributed by atoms with van der Waals surface area (Å²) in [6.45, 7) is 1.28. The smallest absolute Gasteiger partial charge is 0.308 e. The highest BCUT2D eigenvalue weighted by Crippen LogP contribution is 2.42. The Labute approximate surface area is 113 Å². The van der Waals surface area contributed by atoms with Gasteiger partial charge in [0.2, 0.25) is 0 Å². The summed E-state index contributed by atoms with van der Waals surface area (Å²) < 4.78 is 10.1. The van der Waals surface area contributed by atoms with E-state index >= 15 is 0 Å². The van der Waals surface area contributed by atoms with E-state index in [9.17, 15) is 4.79 Å². The van der Waals surface area contributed by atoms with Gasteiger partial charge in [-0.1, -0.05) is 23.2 Å². The summed E-state index contributed by atoms with van der Waals surface area (Å²) in [6.07, 6.45) is 1.30. The van der Waals surface area contributed by atoms with Crippen molar-refractivity contribution in [1.82, 2.24) is 9.97 Å². The quantitative estimate of drug-likeness (QED) is 0.483. The fourth-order valence-electron chi connectivity index (χ4n) is 1.52. The maximum atomic E-state index is 11.0. The van der Waals surface area contributed by atoms with Crippen molar-refractivity contribution in [3.8, 4) is 11.5 Å². The summed E-state index contributed by atoms with van der Waals surface area (Å²) >= 11 is 12.1. The summed E-state index contributed by atoms with van der Waals surface area (Å²) in [5.41, 5.74) is 0.469. The average molecular weight is 287 g/mol. The molecule has 0 aliphatic rings. The van der Waals surface area contributed by atoms with Crippen molar-refractivity contribution in [3.05, 3.63) is 22.6 Å². The van der Waals surface area contributed by atoms with Crippen molar-refractivity contribution < 1.29 is 14.3 Å². The maximum absolute atomic E-state index is 11.0. The lowest BCUT2D eigenvalue weighted by atomic mass is 10.2. The third-order valence-corrected chi connectivity index (χ3v) is 2.85. The molecule has 0 unspecified atom stereocenters. The Morgan fingerprint density at radius 1 is 1.33 bits per heavy atom. The lowest BCUT2D eigenvalue weighted by molar-refractivity contribution is -0.131. The van der Waals surface area contributed by atoms with Crippen LogP contribution in [-0.2, 0) is 4.79 Å². The first-order valence-corrected chi connectivity index (χ1v) is 5.65. The van der Waals surface area contributed by atoms with Crippen molar-refractivity contribution in [3.63, 3.8) is 0 Å². The van der Waals surface area contributed by atoms with Gasteiger partial charge < -0.3 is 9.47 Å². The first kappa shape index (κ1) is 12.9. The second-order valence-electron chi connectivity index (χ2n) is 3.37. The highest BCUT2D eigenvalue weighted by atomic mass is 35.5. The van der Waals surface area contributed by atoms with Gasteiger partial charge in [-0.25, -0.2) is 9.97 Å². The Balaban J connectivity index is 2.77. The molecule has 18 heavy (non-hydrogen) atoms. The molecule has 5 nitrogen and oxygen atoms in total. The molecule has 7 heteroatoms. The number of hydrogen-bond acceptors (Lipinski definition) is 5.